The molecule has 2 aromatic heterocycles. The van der Waals surface area contributed by atoms with E-state index < -0.39 is 0 Å². The second kappa shape index (κ2) is 7.68. The Kier molecular flexibility index (Phi) is 5.90. The molecule has 114 valence electrons. The van der Waals surface area contributed by atoms with Gasteiger partial charge in [-0.05, 0) is 55.0 Å². The highest BCUT2D eigenvalue weighted by Gasteiger charge is 2.16. The third-order valence-electron chi connectivity index (χ3n) is 3.38. The summed E-state index contributed by atoms with van der Waals surface area (Å²) in [4.78, 5) is 6.48. The Morgan fingerprint density at radius 2 is 2.19 bits per heavy atom. The maximum atomic E-state index is 6.36. The highest BCUT2D eigenvalue weighted by Crippen LogP contribution is 2.24. The SMILES string of the molecule is CN(C)CCn1ncc(Br)c1C(N)CCc1ccccn1. The summed E-state index contributed by atoms with van der Waals surface area (Å²) in [6, 6.07) is 5.91. The van der Waals surface area contributed by atoms with Crippen LogP contribution in [0.3, 0.4) is 0 Å². The zero-order chi connectivity index (χ0) is 15.2. The van der Waals surface area contributed by atoms with Crippen molar-refractivity contribution in [2.24, 2.45) is 5.73 Å². The van der Waals surface area contributed by atoms with Crippen molar-refractivity contribution in [1.29, 1.82) is 0 Å². The van der Waals surface area contributed by atoms with E-state index in [1.807, 2.05) is 35.3 Å². The molecule has 2 N–H and O–H groups in total. The molecule has 0 aliphatic carbocycles. The fraction of sp³-hybridized carbons (Fsp3) is 0.467. The van der Waals surface area contributed by atoms with Crippen molar-refractivity contribution in [3.63, 3.8) is 0 Å². The topological polar surface area (TPSA) is 60.0 Å². The van der Waals surface area contributed by atoms with Crippen LogP contribution < -0.4 is 5.73 Å². The number of hydrogen-bond acceptors (Lipinski definition) is 4. The molecule has 5 nitrogen and oxygen atoms in total. The van der Waals surface area contributed by atoms with Crippen molar-refractivity contribution in [3.8, 4) is 0 Å². The number of aryl methyl sites for hydroxylation is 1. The third kappa shape index (κ3) is 4.62. The summed E-state index contributed by atoms with van der Waals surface area (Å²) in [7, 11) is 4.11. The lowest BCUT2D eigenvalue weighted by Gasteiger charge is -2.16. The van der Waals surface area contributed by atoms with E-state index in [9.17, 15) is 0 Å². The van der Waals surface area contributed by atoms with Gasteiger partial charge in [0, 0.05) is 24.5 Å². The molecule has 0 spiro atoms. The van der Waals surface area contributed by atoms with E-state index in [0.29, 0.717) is 0 Å². The molecule has 1 atom stereocenters. The van der Waals surface area contributed by atoms with Gasteiger partial charge in [0.05, 0.1) is 22.9 Å². The number of nitrogens with two attached hydrogens (primary N) is 1. The summed E-state index contributed by atoms with van der Waals surface area (Å²) in [5, 5.41) is 4.41. The molecule has 0 aliphatic rings. The number of rotatable bonds is 7. The monoisotopic (exact) mass is 351 g/mol. The minimum atomic E-state index is -0.0500. The molecule has 0 fully saturated rings. The maximum absolute atomic E-state index is 6.36. The van der Waals surface area contributed by atoms with Crippen LogP contribution >= 0.6 is 15.9 Å². The number of halogens is 1. The van der Waals surface area contributed by atoms with Gasteiger partial charge < -0.3 is 10.6 Å². The zero-order valence-electron chi connectivity index (χ0n) is 12.5. The van der Waals surface area contributed by atoms with E-state index in [2.05, 4.69) is 45.0 Å². The van der Waals surface area contributed by atoms with E-state index in [-0.39, 0.29) is 6.04 Å². The molecule has 0 radical (unpaired) electrons. The Hall–Kier alpha value is -1.24. The molecular weight excluding hydrogens is 330 g/mol. The summed E-state index contributed by atoms with van der Waals surface area (Å²) < 4.78 is 2.97. The van der Waals surface area contributed by atoms with Crippen molar-refractivity contribution in [3.05, 3.63) is 46.5 Å². The first-order chi connectivity index (χ1) is 10.1. The first-order valence-corrected chi connectivity index (χ1v) is 7.88. The van der Waals surface area contributed by atoms with Crippen LogP contribution in [0.5, 0.6) is 0 Å². The van der Waals surface area contributed by atoms with Crippen molar-refractivity contribution in [2.75, 3.05) is 20.6 Å². The summed E-state index contributed by atoms with van der Waals surface area (Å²) in [5.41, 5.74) is 8.50. The second-order valence-electron chi connectivity index (χ2n) is 5.37. The van der Waals surface area contributed by atoms with Gasteiger partial charge in [0.1, 0.15) is 0 Å². The van der Waals surface area contributed by atoms with E-state index in [1.54, 1.807) is 0 Å². The Bertz CT molecular complexity index is 552. The lowest BCUT2D eigenvalue weighted by Crippen LogP contribution is -2.23. The molecule has 21 heavy (non-hydrogen) atoms. The minimum Gasteiger partial charge on any atom is -0.323 e. The van der Waals surface area contributed by atoms with E-state index in [0.717, 1.165) is 41.8 Å². The number of likely N-dealkylation sites (N-methyl/N-ethyl adjacent to an activating group) is 1. The molecule has 2 aromatic rings. The van der Waals surface area contributed by atoms with Gasteiger partial charge in [-0.1, -0.05) is 6.07 Å². The van der Waals surface area contributed by atoms with Crippen molar-refractivity contribution in [1.82, 2.24) is 19.7 Å². The number of nitrogens with zero attached hydrogens (tertiary/aromatic N) is 4. The summed E-state index contributed by atoms with van der Waals surface area (Å²) in [6.45, 7) is 1.78. The molecule has 0 saturated heterocycles. The van der Waals surface area contributed by atoms with Gasteiger partial charge in [0.2, 0.25) is 0 Å². The molecule has 0 saturated carbocycles. The predicted molar refractivity (Wildman–Crippen MR) is 88.0 cm³/mol. The van der Waals surface area contributed by atoms with Crippen LogP contribution in [0.25, 0.3) is 0 Å². The minimum absolute atomic E-state index is 0.0500. The third-order valence-corrected chi connectivity index (χ3v) is 3.99. The van der Waals surface area contributed by atoms with Crippen LogP contribution in [0, 0.1) is 0 Å². The van der Waals surface area contributed by atoms with Crippen molar-refractivity contribution >= 4 is 15.9 Å². The summed E-state index contributed by atoms with van der Waals surface area (Å²) in [5.74, 6) is 0. The lowest BCUT2D eigenvalue weighted by atomic mass is 10.1. The molecule has 0 aromatic carbocycles. The Balaban J connectivity index is 2.01. The van der Waals surface area contributed by atoms with Gasteiger partial charge in [-0.3, -0.25) is 9.67 Å². The molecule has 0 bridgehead atoms. The molecule has 6 heteroatoms. The highest BCUT2D eigenvalue weighted by atomic mass is 79.9. The lowest BCUT2D eigenvalue weighted by molar-refractivity contribution is 0.365. The first kappa shape index (κ1) is 16.1. The molecule has 1 unspecified atom stereocenters. The Labute approximate surface area is 134 Å². The van der Waals surface area contributed by atoms with E-state index in [1.165, 1.54) is 0 Å². The first-order valence-electron chi connectivity index (χ1n) is 7.09. The van der Waals surface area contributed by atoms with Crippen molar-refractivity contribution in [2.45, 2.75) is 25.4 Å². The highest BCUT2D eigenvalue weighted by molar-refractivity contribution is 9.10. The predicted octanol–water partition coefficient (Wildman–Crippen LogP) is 2.23. The fourth-order valence-electron chi connectivity index (χ4n) is 2.20. The van der Waals surface area contributed by atoms with Crippen LogP contribution in [0.2, 0.25) is 0 Å². The quantitative estimate of drug-likeness (QED) is 0.830. The van der Waals surface area contributed by atoms with Gasteiger partial charge in [0.15, 0.2) is 0 Å². The number of pyridine rings is 1. The maximum Gasteiger partial charge on any atom is 0.0694 e. The summed E-state index contributed by atoms with van der Waals surface area (Å²) in [6.07, 6.45) is 5.36. The zero-order valence-corrected chi connectivity index (χ0v) is 14.1. The van der Waals surface area contributed by atoms with Gasteiger partial charge in [0.25, 0.3) is 0 Å². The van der Waals surface area contributed by atoms with Gasteiger partial charge in [-0.2, -0.15) is 5.10 Å². The van der Waals surface area contributed by atoms with Gasteiger partial charge in [-0.15, -0.1) is 0 Å². The van der Waals surface area contributed by atoms with Crippen LogP contribution in [-0.2, 0) is 13.0 Å². The van der Waals surface area contributed by atoms with Crippen LogP contribution in [-0.4, -0.2) is 40.3 Å². The summed E-state index contributed by atoms with van der Waals surface area (Å²) >= 11 is 3.56. The standard InChI is InChI=1S/C15H22BrN5/c1-20(2)9-10-21-15(13(16)11-19-21)14(17)7-6-12-5-3-4-8-18-12/h3-5,8,11,14H,6-7,9-10,17H2,1-2H3. The molecule has 0 amide bonds. The number of hydrogen-bond donors (Lipinski definition) is 1. The van der Waals surface area contributed by atoms with E-state index in [4.69, 9.17) is 5.73 Å². The molecule has 0 aliphatic heterocycles. The van der Waals surface area contributed by atoms with Crippen LogP contribution in [0.4, 0.5) is 0 Å². The Morgan fingerprint density at radius 3 is 2.86 bits per heavy atom. The molecule has 2 rings (SSSR count). The van der Waals surface area contributed by atoms with Crippen molar-refractivity contribution < 1.29 is 0 Å². The smallest absolute Gasteiger partial charge is 0.0694 e. The molecule has 2 heterocycles. The largest absolute Gasteiger partial charge is 0.323 e. The Morgan fingerprint density at radius 1 is 1.38 bits per heavy atom. The fourth-order valence-corrected chi connectivity index (χ4v) is 2.79. The van der Waals surface area contributed by atoms with Crippen LogP contribution in [0.1, 0.15) is 23.9 Å². The normalized spacial score (nSPS) is 12.8. The number of aromatic nitrogens is 3. The second-order valence-corrected chi connectivity index (χ2v) is 6.22. The van der Waals surface area contributed by atoms with Gasteiger partial charge >= 0.3 is 0 Å². The molecular formula is C15H22BrN5. The van der Waals surface area contributed by atoms with E-state index >= 15 is 0 Å². The van der Waals surface area contributed by atoms with Gasteiger partial charge in [-0.25, -0.2) is 0 Å². The van der Waals surface area contributed by atoms with Crippen LogP contribution in [0.15, 0.2) is 35.1 Å². The average molecular weight is 352 g/mol. The average Bonchev–Trinajstić information content (AvgIpc) is 2.85.